The molecule has 0 radical (unpaired) electrons. The molecule has 1 atom stereocenters. The summed E-state index contributed by atoms with van der Waals surface area (Å²) >= 11 is 0. The summed E-state index contributed by atoms with van der Waals surface area (Å²) in [5.74, 6) is -2.58. The Hall–Kier alpha value is -1.63. The van der Waals surface area contributed by atoms with E-state index < -0.39 is 18.0 Å². The van der Waals surface area contributed by atoms with E-state index in [-0.39, 0.29) is 25.2 Å². The highest BCUT2D eigenvalue weighted by atomic mass is 16.4. The third-order valence-corrected chi connectivity index (χ3v) is 5.34. The first kappa shape index (κ1) is 28.4. The van der Waals surface area contributed by atoms with Crippen LogP contribution in [0.3, 0.4) is 0 Å². The molecule has 30 heavy (non-hydrogen) atoms. The predicted octanol–water partition coefficient (Wildman–Crippen LogP) is 4.65. The molecule has 0 saturated heterocycles. The summed E-state index contributed by atoms with van der Waals surface area (Å²) in [5.41, 5.74) is 0. The van der Waals surface area contributed by atoms with Crippen LogP contribution >= 0.6 is 0 Å². The molecule has 0 fully saturated rings. The number of hydrogen-bond acceptors (Lipinski definition) is 4. The van der Waals surface area contributed by atoms with Crippen molar-refractivity contribution in [2.24, 2.45) is 0 Å². The summed E-state index contributed by atoms with van der Waals surface area (Å²) in [5, 5.41) is 28.8. The molecule has 7 nitrogen and oxygen atoms in total. The number of carboxylic acids is 2. The number of hydrogen-bond donors (Lipinski definition) is 4. The topological polar surface area (TPSA) is 124 Å². The molecule has 0 spiro atoms. The van der Waals surface area contributed by atoms with Gasteiger partial charge in [0.05, 0.1) is 0 Å². The van der Waals surface area contributed by atoms with E-state index in [2.05, 4.69) is 5.32 Å². The molecule has 0 aromatic heterocycles. The number of unbranched alkanes of at least 4 members (excludes halogenated alkanes) is 14. The van der Waals surface area contributed by atoms with Crippen LogP contribution in [0.4, 0.5) is 0 Å². The summed E-state index contributed by atoms with van der Waals surface area (Å²) in [6.07, 6.45) is 17.5. The van der Waals surface area contributed by atoms with Crippen LogP contribution in [0, 0.1) is 0 Å². The molecule has 0 saturated carbocycles. The highest BCUT2D eigenvalue weighted by molar-refractivity contribution is 5.83. The number of aliphatic hydroxyl groups is 1. The van der Waals surface area contributed by atoms with Gasteiger partial charge in [-0.25, -0.2) is 4.79 Å². The summed E-state index contributed by atoms with van der Waals surface area (Å²) in [6, 6.07) is -1.13. The maximum absolute atomic E-state index is 11.8. The number of rotatable bonds is 22. The van der Waals surface area contributed by atoms with Crippen molar-refractivity contribution in [2.45, 2.75) is 122 Å². The zero-order chi connectivity index (χ0) is 22.5. The van der Waals surface area contributed by atoms with Crippen LogP contribution < -0.4 is 5.32 Å². The first-order chi connectivity index (χ1) is 14.5. The molecule has 0 aliphatic carbocycles. The lowest BCUT2D eigenvalue weighted by Gasteiger charge is -2.13. The minimum atomic E-state index is -1.19. The van der Waals surface area contributed by atoms with Crippen molar-refractivity contribution in [1.82, 2.24) is 5.32 Å². The van der Waals surface area contributed by atoms with Gasteiger partial charge < -0.3 is 20.6 Å². The molecule has 0 bridgehead atoms. The van der Waals surface area contributed by atoms with Crippen LogP contribution in [0.2, 0.25) is 0 Å². The van der Waals surface area contributed by atoms with Crippen LogP contribution in [-0.4, -0.2) is 45.8 Å². The minimum absolute atomic E-state index is 0.0962. The van der Waals surface area contributed by atoms with Gasteiger partial charge in [-0.3, -0.25) is 9.59 Å². The van der Waals surface area contributed by atoms with E-state index in [1.54, 1.807) is 0 Å². The predicted molar refractivity (Wildman–Crippen MR) is 117 cm³/mol. The highest BCUT2D eigenvalue weighted by Gasteiger charge is 2.20. The Balaban J connectivity index is 3.43. The molecule has 0 unspecified atom stereocenters. The molecule has 0 heterocycles. The van der Waals surface area contributed by atoms with Crippen LogP contribution in [-0.2, 0) is 14.4 Å². The zero-order valence-electron chi connectivity index (χ0n) is 18.6. The molecule has 0 aromatic carbocycles. The number of carbonyl (C=O) groups excluding carboxylic acids is 1. The monoisotopic (exact) mass is 429 g/mol. The first-order valence-corrected chi connectivity index (χ1v) is 11.8. The second kappa shape index (κ2) is 20.6. The molecule has 7 heteroatoms. The summed E-state index contributed by atoms with van der Waals surface area (Å²) < 4.78 is 0. The van der Waals surface area contributed by atoms with Crippen molar-refractivity contribution >= 4 is 17.8 Å². The van der Waals surface area contributed by atoms with Crippen molar-refractivity contribution in [3.8, 4) is 0 Å². The maximum Gasteiger partial charge on any atom is 0.326 e. The van der Waals surface area contributed by atoms with Crippen LogP contribution in [0.1, 0.15) is 116 Å². The second-order valence-corrected chi connectivity index (χ2v) is 8.17. The zero-order valence-corrected chi connectivity index (χ0v) is 18.6. The number of aliphatic carboxylic acids is 2. The van der Waals surface area contributed by atoms with Gasteiger partial charge in [-0.05, 0) is 19.3 Å². The molecule has 4 N–H and O–H groups in total. The lowest BCUT2D eigenvalue weighted by atomic mass is 10.0. The third kappa shape index (κ3) is 19.7. The van der Waals surface area contributed by atoms with Gasteiger partial charge in [-0.2, -0.15) is 0 Å². The average molecular weight is 430 g/mol. The van der Waals surface area contributed by atoms with Crippen molar-refractivity contribution in [3.63, 3.8) is 0 Å². The number of carbonyl (C=O) groups is 3. The lowest BCUT2D eigenvalue weighted by Crippen LogP contribution is -2.41. The van der Waals surface area contributed by atoms with Gasteiger partial charge in [0.2, 0.25) is 5.91 Å². The Labute approximate surface area is 181 Å². The Kier molecular flexibility index (Phi) is 19.5. The van der Waals surface area contributed by atoms with Crippen molar-refractivity contribution < 1.29 is 29.7 Å². The van der Waals surface area contributed by atoms with Gasteiger partial charge in [0.25, 0.3) is 0 Å². The summed E-state index contributed by atoms with van der Waals surface area (Å²) in [7, 11) is 0. The first-order valence-electron chi connectivity index (χ1n) is 11.8. The minimum Gasteiger partial charge on any atom is -0.481 e. The molecule has 0 rings (SSSR count). The van der Waals surface area contributed by atoms with E-state index in [0.29, 0.717) is 6.61 Å². The fraction of sp³-hybridized carbons (Fsp3) is 0.870. The number of aliphatic hydroxyl groups excluding tert-OH is 1. The SMILES string of the molecule is O=C(O)CC[C@H](NC(=O)CCCCCCCCCCCCCCCCCO)C(=O)O. The molecule has 0 aliphatic heterocycles. The van der Waals surface area contributed by atoms with Gasteiger partial charge >= 0.3 is 11.9 Å². The number of amides is 1. The molecular weight excluding hydrogens is 386 g/mol. The van der Waals surface area contributed by atoms with Gasteiger partial charge in [-0.1, -0.05) is 83.5 Å². The molecular formula is C23H43NO6. The smallest absolute Gasteiger partial charge is 0.326 e. The highest BCUT2D eigenvalue weighted by Crippen LogP contribution is 2.13. The summed E-state index contributed by atoms with van der Waals surface area (Å²) in [6.45, 7) is 0.318. The van der Waals surface area contributed by atoms with Crippen LogP contribution in [0.5, 0.6) is 0 Å². The van der Waals surface area contributed by atoms with Crippen molar-refractivity contribution in [2.75, 3.05) is 6.61 Å². The summed E-state index contributed by atoms with van der Waals surface area (Å²) in [4.78, 5) is 33.4. The fourth-order valence-electron chi connectivity index (χ4n) is 3.49. The van der Waals surface area contributed by atoms with E-state index in [9.17, 15) is 14.4 Å². The number of nitrogens with one attached hydrogen (secondary N) is 1. The molecule has 176 valence electrons. The fourth-order valence-corrected chi connectivity index (χ4v) is 3.49. The van der Waals surface area contributed by atoms with Crippen molar-refractivity contribution in [1.29, 1.82) is 0 Å². The Morgan fingerprint density at radius 3 is 1.37 bits per heavy atom. The van der Waals surface area contributed by atoms with E-state index >= 15 is 0 Å². The average Bonchev–Trinajstić information content (AvgIpc) is 2.70. The Bertz CT molecular complexity index is 455. The maximum atomic E-state index is 11.8. The second-order valence-electron chi connectivity index (χ2n) is 8.17. The quantitative estimate of drug-likeness (QED) is 0.186. The molecule has 0 aliphatic rings. The van der Waals surface area contributed by atoms with Crippen LogP contribution in [0.15, 0.2) is 0 Å². The van der Waals surface area contributed by atoms with Gasteiger partial charge in [-0.15, -0.1) is 0 Å². The van der Waals surface area contributed by atoms with Gasteiger partial charge in [0.15, 0.2) is 0 Å². The van der Waals surface area contributed by atoms with Gasteiger partial charge in [0, 0.05) is 19.4 Å². The standard InChI is InChI=1S/C23H43NO6/c25-19-15-13-11-9-7-5-3-1-2-4-6-8-10-12-14-16-21(26)24-20(23(29)30)17-18-22(27)28/h20,25H,1-19H2,(H,24,26)(H,27,28)(H,29,30)/t20-/m0/s1. The molecule has 1 amide bonds. The lowest BCUT2D eigenvalue weighted by molar-refractivity contribution is -0.143. The van der Waals surface area contributed by atoms with Crippen molar-refractivity contribution in [3.05, 3.63) is 0 Å². The largest absolute Gasteiger partial charge is 0.481 e. The van der Waals surface area contributed by atoms with E-state index in [0.717, 1.165) is 32.1 Å². The van der Waals surface area contributed by atoms with E-state index in [4.69, 9.17) is 15.3 Å². The third-order valence-electron chi connectivity index (χ3n) is 5.34. The van der Waals surface area contributed by atoms with E-state index in [1.807, 2.05) is 0 Å². The number of carboxylic acid groups (broad SMARTS) is 2. The molecule has 0 aromatic rings. The Morgan fingerprint density at radius 2 is 1.00 bits per heavy atom. The normalized spacial score (nSPS) is 11.9. The van der Waals surface area contributed by atoms with E-state index in [1.165, 1.54) is 64.2 Å². The Morgan fingerprint density at radius 1 is 0.600 bits per heavy atom. The van der Waals surface area contributed by atoms with Gasteiger partial charge in [0.1, 0.15) is 6.04 Å². The van der Waals surface area contributed by atoms with Crippen LogP contribution in [0.25, 0.3) is 0 Å².